The molecular weight excluding hydrogens is 188 g/mol. The molecule has 0 bridgehead atoms. The van der Waals surface area contributed by atoms with Crippen molar-refractivity contribution in [2.45, 2.75) is 39.0 Å². The lowest BCUT2D eigenvalue weighted by Gasteiger charge is -2.16. The van der Waals surface area contributed by atoms with E-state index < -0.39 is 11.4 Å². The van der Waals surface area contributed by atoms with Gasteiger partial charge in [-0.15, -0.1) is 0 Å². The molecule has 0 unspecified atom stereocenters. The van der Waals surface area contributed by atoms with Crippen molar-refractivity contribution < 1.29 is 9.90 Å². The van der Waals surface area contributed by atoms with Gasteiger partial charge in [-0.2, -0.15) is 0 Å². The number of aryl methyl sites for hydroxylation is 2. The second-order valence-corrected chi connectivity index (χ2v) is 4.64. The summed E-state index contributed by atoms with van der Waals surface area (Å²) in [5.41, 5.74) is 3.94. The third-order valence-electron chi connectivity index (χ3n) is 3.49. The van der Waals surface area contributed by atoms with E-state index in [9.17, 15) is 9.90 Å². The Labute approximate surface area is 89.9 Å². The number of carbonyl (C=O) groups is 1. The van der Waals surface area contributed by atoms with Crippen LogP contribution in [0.25, 0.3) is 0 Å². The van der Waals surface area contributed by atoms with Crippen molar-refractivity contribution in [2.24, 2.45) is 0 Å². The van der Waals surface area contributed by atoms with Gasteiger partial charge in [0.2, 0.25) is 0 Å². The summed E-state index contributed by atoms with van der Waals surface area (Å²) in [6.45, 7) is 6.09. The minimum absolute atomic E-state index is 0.569. The topological polar surface area (TPSA) is 37.3 Å². The van der Waals surface area contributed by atoms with Crippen LogP contribution in [0.3, 0.4) is 0 Å². The normalized spacial score (nSPS) is 17.5. The van der Waals surface area contributed by atoms with Crippen molar-refractivity contribution in [3.63, 3.8) is 0 Å². The van der Waals surface area contributed by atoms with E-state index in [1.807, 2.05) is 26.8 Å². The monoisotopic (exact) mass is 204 g/mol. The highest BCUT2D eigenvalue weighted by atomic mass is 16.4. The summed E-state index contributed by atoms with van der Waals surface area (Å²) in [6.07, 6.45) is 1.57. The summed E-state index contributed by atoms with van der Waals surface area (Å²) >= 11 is 0. The highest BCUT2D eigenvalue weighted by Gasteiger charge is 2.52. The summed E-state index contributed by atoms with van der Waals surface area (Å²) in [7, 11) is 0. The summed E-state index contributed by atoms with van der Waals surface area (Å²) in [6, 6.07) is 4.14. The first kappa shape index (κ1) is 10.2. The number of hydrogen-bond donors (Lipinski definition) is 1. The molecule has 1 aliphatic carbocycles. The van der Waals surface area contributed by atoms with Gasteiger partial charge in [0.1, 0.15) is 0 Å². The molecule has 1 saturated carbocycles. The lowest BCUT2D eigenvalue weighted by molar-refractivity contribution is -0.140. The van der Waals surface area contributed by atoms with Crippen molar-refractivity contribution in [1.29, 1.82) is 0 Å². The number of rotatable bonds is 2. The van der Waals surface area contributed by atoms with Gasteiger partial charge in [-0.3, -0.25) is 4.79 Å². The number of aliphatic carboxylic acids is 1. The molecule has 0 atom stereocenters. The van der Waals surface area contributed by atoms with Crippen molar-refractivity contribution in [3.05, 3.63) is 34.4 Å². The summed E-state index contributed by atoms with van der Waals surface area (Å²) in [5, 5.41) is 9.26. The van der Waals surface area contributed by atoms with Crippen LogP contribution >= 0.6 is 0 Å². The van der Waals surface area contributed by atoms with Crippen molar-refractivity contribution in [3.8, 4) is 0 Å². The third-order valence-corrected chi connectivity index (χ3v) is 3.49. The van der Waals surface area contributed by atoms with E-state index in [4.69, 9.17) is 0 Å². The van der Waals surface area contributed by atoms with Crippen molar-refractivity contribution >= 4 is 5.97 Å². The molecule has 1 fully saturated rings. The summed E-state index contributed by atoms with van der Waals surface area (Å²) in [5.74, 6) is -0.671. The van der Waals surface area contributed by atoms with E-state index in [0.717, 1.165) is 29.5 Å². The average molecular weight is 204 g/mol. The molecular formula is C13H16O2. The van der Waals surface area contributed by atoms with Crippen LogP contribution in [0.2, 0.25) is 0 Å². The zero-order chi connectivity index (χ0) is 11.2. The molecule has 0 saturated heterocycles. The van der Waals surface area contributed by atoms with Crippen LogP contribution in [0.5, 0.6) is 0 Å². The molecule has 2 nitrogen and oxygen atoms in total. The Morgan fingerprint density at radius 3 is 2.33 bits per heavy atom. The first-order valence-corrected chi connectivity index (χ1v) is 5.29. The van der Waals surface area contributed by atoms with Crippen molar-refractivity contribution in [2.75, 3.05) is 0 Å². The molecule has 0 amide bonds. The SMILES string of the molecule is Cc1cc(C)c(C)c(C2(C(=O)O)CC2)c1. The number of hydrogen-bond acceptors (Lipinski definition) is 1. The van der Waals surface area contributed by atoms with E-state index in [0.29, 0.717) is 0 Å². The van der Waals surface area contributed by atoms with Gasteiger partial charge in [0, 0.05) is 0 Å². The van der Waals surface area contributed by atoms with Gasteiger partial charge in [0.15, 0.2) is 0 Å². The molecule has 0 heterocycles. The Hall–Kier alpha value is -1.31. The number of carboxylic acid groups (broad SMARTS) is 1. The van der Waals surface area contributed by atoms with Crippen molar-refractivity contribution in [1.82, 2.24) is 0 Å². The van der Waals surface area contributed by atoms with E-state index in [2.05, 4.69) is 6.07 Å². The standard InChI is InChI=1S/C13H16O2/c1-8-6-9(2)10(3)11(7-8)13(4-5-13)12(14)15/h6-7H,4-5H2,1-3H3,(H,14,15). The van der Waals surface area contributed by atoms with Gasteiger partial charge in [0.05, 0.1) is 5.41 Å². The molecule has 1 aromatic carbocycles. The van der Waals surface area contributed by atoms with Gasteiger partial charge in [-0.05, 0) is 50.3 Å². The second kappa shape index (κ2) is 3.09. The fourth-order valence-corrected chi connectivity index (χ4v) is 2.26. The zero-order valence-electron chi connectivity index (χ0n) is 9.42. The van der Waals surface area contributed by atoms with Crippen LogP contribution in [0.15, 0.2) is 12.1 Å². The minimum atomic E-state index is -0.671. The Balaban J connectivity index is 2.58. The maximum Gasteiger partial charge on any atom is 0.314 e. The lowest BCUT2D eigenvalue weighted by atomic mass is 9.88. The molecule has 0 aliphatic heterocycles. The third kappa shape index (κ3) is 1.44. The van der Waals surface area contributed by atoms with Gasteiger partial charge in [-0.25, -0.2) is 0 Å². The average Bonchev–Trinajstić information content (AvgIpc) is 2.91. The maximum absolute atomic E-state index is 11.3. The highest BCUT2D eigenvalue weighted by molar-refractivity contribution is 5.85. The molecule has 15 heavy (non-hydrogen) atoms. The minimum Gasteiger partial charge on any atom is -0.481 e. The predicted octanol–water partition coefficient (Wildman–Crippen LogP) is 2.73. The van der Waals surface area contributed by atoms with Gasteiger partial charge in [0.25, 0.3) is 0 Å². The molecule has 1 N–H and O–H groups in total. The zero-order valence-corrected chi connectivity index (χ0v) is 9.42. The van der Waals surface area contributed by atoms with Crippen LogP contribution in [0.4, 0.5) is 0 Å². The first-order chi connectivity index (χ1) is 6.97. The van der Waals surface area contributed by atoms with E-state index in [1.54, 1.807) is 0 Å². The Morgan fingerprint density at radius 1 is 1.27 bits per heavy atom. The Morgan fingerprint density at radius 2 is 1.87 bits per heavy atom. The van der Waals surface area contributed by atoms with Gasteiger partial charge < -0.3 is 5.11 Å². The largest absolute Gasteiger partial charge is 0.481 e. The molecule has 0 aromatic heterocycles. The summed E-state index contributed by atoms with van der Waals surface area (Å²) in [4.78, 5) is 11.3. The number of benzene rings is 1. The molecule has 80 valence electrons. The predicted molar refractivity (Wildman–Crippen MR) is 59.2 cm³/mol. The fourth-order valence-electron chi connectivity index (χ4n) is 2.26. The molecule has 2 rings (SSSR count). The molecule has 1 aliphatic rings. The highest BCUT2D eigenvalue weighted by Crippen LogP contribution is 2.50. The molecule has 1 aromatic rings. The van der Waals surface area contributed by atoms with E-state index in [1.165, 1.54) is 5.56 Å². The van der Waals surface area contributed by atoms with Crippen LogP contribution in [-0.4, -0.2) is 11.1 Å². The van der Waals surface area contributed by atoms with Crippen LogP contribution in [0.1, 0.15) is 35.1 Å². The van der Waals surface area contributed by atoms with Crippen LogP contribution in [0, 0.1) is 20.8 Å². The van der Waals surface area contributed by atoms with Crippen LogP contribution < -0.4 is 0 Å². The Kier molecular flexibility index (Phi) is 2.10. The fraction of sp³-hybridized carbons (Fsp3) is 0.462. The molecule has 2 heteroatoms. The molecule has 0 spiro atoms. The van der Waals surface area contributed by atoms with Gasteiger partial charge >= 0.3 is 5.97 Å². The maximum atomic E-state index is 11.3. The van der Waals surface area contributed by atoms with Crippen LogP contribution in [-0.2, 0) is 10.2 Å². The lowest BCUT2D eigenvalue weighted by Crippen LogP contribution is -2.21. The first-order valence-electron chi connectivity index (χ1n) is 5.29. The Bertz CT molecular complexity index is 428. The smallest absolute Gasteiger partial charge is 0.314 e. The van der Waals surface area contributed by atoms with E-state index in [-0.39, 0.29) is 0 Å². The molecule has 0 radical (unpaired) electrons. The quantitative estimate of drug-likeness (QED) is 0.804. The van der Waals surface area contributed by atoms with E-state index >= 15 is 0 Å². The summed E-state index contributed by atoms with van der Waals surface area (Å²) < 4.78 is 0. The van der Waals surface area contributed by atoms with Gasteiger partial charge in [-0.1, -0.05) is 17.7 Å². The number of carboxylic acids is 1. The second-order valence-electron chi connectivity index (χ2n) is 4.64.